The van der Waals surface area contributed by atoms with E-state index in [9.17, 15) is 0 Å². The molecule has 3 nitrogen and oxygen atoms in total. The van der Waals surface area contributed by atoms with Crippen LogP contribution >= 0.6 is 0 Å². The summed E-state index contributed by atoms with van der Waals surface area (Å²) in [6, 6.07) is 0. The molecule has 1 aliphatic heterocycles. The van der Waals surface area contributed by atoms with Gasteiger partial charge in [0.25, 0.3) is 0 Å². The topological polar surface area (TPSA) is 41.6 Å². The van der Waals surface area contributed by atoms with Gasteiger partial charge in [0.2, 0.25) is 0 Å². The molecule has 12 heavy (non-hydrogen) atoms. The van der Waals surface area contributed by atoms with E-state index in [1.807, 2.05) is 0 Å². The molecule has 0 saturated heterocycles. The second-order valence-corrected chi connectivity index (χ2v) is 3.29. The van der Waals surface area contributed by atoms with Crippen LogP contribution in [0.15, 0.2) is 4.99 Å². The van der Waals surface area contributed by atoms with Crippen molar-refractivity contribution in [2.24, 2.45) is 10.7 Å². The predicted octanol–water partition coefficient (Wildman–Crippen LogP) is 1.20. The molecule has 0 bridgehead atoms. The lowest BCUT2D eigenvalue weighted by molar-refractivity contribution is 0.378. The van der Waals surface area contributed by atoms with Gasteiger partial charge in [-0.15, -0.1) is 0 Å². The molecule has 1 rings (SSSR count). The summed E-state index contributed by atoms with van der Waals surface area (Å²) in [5.74, 6) is 0.748. The standard InChI is InChI=1S/C9H19N3/c1-2-3-4-7-12-8-5-6-11-9(12)10/h2-8H2,1H3,(H2,10,11). The molecule has 70 valence electrons. The van der Waals surface area contributed by atoms with Gasteiger partial charge < -0.3 is 10.6 Å². The third kappa shape index (κ3) is 2.72. The molecular formula is C9H19N3. The predicted molar refractivity (Wildman–Crippen MR) is 52.2 cm³/mol. The van der Waals surface area contributed by atoms with Gasteiger partial charge in [0.15, 0.2) is 5.96 Å². The van der Waals surface area contributed by atoms with Crippen molar-refractivity contribution in [3.8, 4) is 0 Å². The van der Waals surface area contributed by atoms with Gasteiger partial charge in [-0.1, -0.05) is 19.8 Å². The lowest BCUT2D eigenvalue weighted by Crippen LogP contribution is -2.41. The minimum Gasteiger partial charge on any atom is -0.370 e. The molecule has 1 aliphatic rings. The molecule has 0 atom stereocenters. The first-order chi connectivity index (χ1) is 5.84. The number of guanidine groups is 1. The Morgan fingerprint density at radius 2 is 2.33 bits per heavy atom. The Labute approximate surface area is 74.6 Å². The fourth-order valence-corrected chi connectivity index (χ4v) is 1.45. The zero-order valence-electron chi connectivity index (χ0n) is 7.92. The van der Waals surface area contributed by atoms with Gasteiger partial charge in [-0.05, 0) is 12.8 Å². The largest absolute Gasteiger partial charge is 0.370 e. The van der Waals surface area contributed by atoms with E-state index in [-0.39, 0.29) is 0 Å². The van der Waals surface area contributed by atoms with Crippen LogP contribution in [0.25, 0.3) is 0 Å². The van der Waals surface area contributed by atoms with E-state index in [0.29, 0.717) is 0 Å². The van der Waals surface area contributed by atoms with Crippen LogP contribution in [0.2, 0.25) is 0 Å². The number of unbranched alkanes of at least 4 members (excludes halogenated alkanes) is 2. The number of rotatable bonds is 4. The molecule has 0 spiro atoms. The lowest BCUT2D eigenvalue weighted by Gasteiger charge is -2.26. The number of nitrogens with two attached hydrogens (primary N) is 1. The lowest BCUT2D eigenvalue weighted by atomic mass is 10.2. The van der Waals surface area contributed by atoms with Crippen molar-refractivity contribution >= 4 is 5.96 Å². The van der Waals surface area contributed by atoms with Crippen molar-refractivity contribution in [3.63, 3.8) is 0 Å². The van der Waals surface area contributed by atoms with Gasteiger partial charge in [-0.2, -0.15) is 0 Å². The summed E-state index contributed by atoms with van der Waals surface area (Å²) in [6.07, 6.45) is 4.97. The van der Waals surface area contributed by atoms with Gasteiger partial charge in [0.1, 0.15) is 0 Å². The minimum atomic E-state index is 0.748. The van der Waals surface area contributed by atoms with Crippen LogP contribution in [0.5, 0.6) is 0 Å². The van der Waals surface area contributed by atoms with Gasteiger partial charge in [-0.25, -0.2) is 0 Å². The second kappa shape index (κ2) is 5.01. The molecule has 0 radical (unpaired) electrons. The first-order valence-electron chi connectivity index (χ1n) is 4.89. The van der Waals surface area contributed by atoms with Gasteiger partial charge in [0.05, 0.1) is 0 Å². The molecule has 0 amide bonds. The summed E-state index contributed by atoms with van der Waals surface area (Å²) in [5, 5.41) is 0. The first kappa shape index (κ1) is 9.36. The molecule has 0 fully saturated rings. The molecular weight excluding hydrogens is 150 g/mol. The monoisotopic (exact) mass is 169 g/mol. The Bertz CT molecular complexity index is 154. The highest BCUT2D eigenvalue weighted by molar-refractivity contribution is 5.78. The smallest absolute Gasteiger partial charge is 0.191 e. The van der Waals surface area contributed by atoms with Crippen LogP contribution in [0.4, 0.5) is 0 Å². The van der Waals surface area contributed by atoms with E-state index < -0.39 is 0 Å². The van der Waals surface area contributed by atoms with Crippen LogP contribution in [0.1, 0.15) is 32.6 Å². The first-order valence-corrected chi connectivity index (χ1v) is 4.89. The van der Waals surface area contributed by atoms with Crippen molar-refractivity contribution < 1.29 is 0 Å². The highest BCUT2D eigenvalue weighted by Gasteiger charge is 2.10. The van der Waals surface area contributed by atoms with E-state index >= 15 is 0 Å². The Kier molecular flexibility index (Phi) is 3.91. The van der Waals surface area contributed by atoms with E-state index in [0.717, 1.165) is 32.0 Å². The molecule has 0 aromatic carbocycles. The molecule has 0 aromatic rings. The van der Waals surface area contributed by atoms with E-state index in [1.54, 1.807) is 0 Å². The van der Waals surface area contributed by atoms with E-state index in [1.165, 1.54) is 19.3 Å². The Hall–Kier alpha value is -0.730. The zero-order valence-corrected chi connectivity index (χ0v) is 7.92. The SMILES string of the molecule is CCCCCN1CCCN=C1N. The van der Waals surface area contributed by atoms with Crippen LogP contribution in [-0.2, 0) is 0 Å². The van der Waals surface area contributed by atoms with Crippen LogP contribution < -0.4 is 5.73 Å². The molecule has 3 heteroatoms. The number of nitrogens with zero attached hydrogens (tertiary/aromatic N) is 2. The Morgan fingerprint density at radius 3 is 3.00 bits per heavy atom. The summed E-state index contributed by atoms with van der Waals surface area (Å²) in [5.41, 5.74) is 5.74. The second-order valence-electron chi connectivity index (χ2n) is 3.29. The molecule has 1 heterocycles. The minimum absolute atomic E-state index is 0.748. The van der Waals surface area contributed by atoms with Crippen LogP contribution in [-0.4, -0.2) is 30.5 Å². The Balaban J connectivity index is 2.21. The van der Waals surface area contributed by atoms with Crippen molar-refractivity contribution in [1.29, 1.82) is 0 Å². The van der Waals surface area contributed by atoms with Gasteiger partial charge in [-0.3, -0.25) is 4.99 Å². The number of aliphatic imine (C=N–C) groups is 1. The van der Waals surface area contributed by atoms with Crippen LogP contribution in [0, 0.1) is 0 Å². The van der Waals surface area contributed by atoms with Gasteiger partial charge in [0, 0.05) is 19.6 Å². The highest BCUT2D eigenvalue weighted by atomic mass is 15.3. The Morgan fingerprint density at radius 1 is 1.50 bits per heavy atom. The maximum Gasteiger partial charge on any atom is 0.191 e. The molecule has 2 N–H and O–H groups in total. The van der Waals surface area contributed by atoms with Crippen molar-refractivity contribution in [2.75, 3.05) is 19.6 Å². The zero-order chi connectivity index (χ0) is 8.81. The van der Waals surface area contributed by atoms with Crippen molar-refractivity contribution in [1.82, 2.24) is 4.90 Å². The maximum atomic E-state index is 5.74. The summed E-state index contributed by atoms with van der Waals surface area (Å²) in [6.45, 7) is 5.31. The summed E-state index contributed by atoms with van der Waals surface area (Å²) >= 11 is 0. The quantitative estimate of drug-likeness (QED) is 0.642. The van der Waals surface area contributed by atoms with Crippen LogP contribution in [0.3, 0.4) is 0 Å². The molecule has 0 aliphatic carbocycles. The number of hydrogen-bond acceptors (Lipinski definition) is 3. The average molecular weight is 169 g/mol. The fraction of sp³-hybridized carbons (Fsp3) is 0.889. The number of hydrogen-bond donors (Lipinski definition) is 1. The molecule has 0 saturated carbocycles. The normalized spacial score (nSPS) is 17.8. The summed E-state index contributed by atoms with van der Waals surface area (Å²) in [4.78, 5) is 6.40. The fourth-order valence-electron chi connectivity index (χ4n) is 1.45. The van der Waals surface area contributed by atoms with Gasteiger partial charge >= 0.3 is 0 Å². The van der Waals surface area contributed by atoms with Crippen molar-refractivity contribution in [3.05, 3.63) is 0 Å². The van der Waals surface area contributed by atoms with E-state index in [4.69, 9.17) is 5.73 Å². The highest BCUT2D eigenvalue weighted by Crippen LogP contribution is 2.03. The van der Waals surface area contributed by atoms with Crippen molar-refractivity contribution in [2.45, 2.75) is 32.6 Å². The summed E-state index contributed by atoms with van der Waals surface area (Å²) in [7, 11) is 0. The summed E-state index contributed by atoms with van der Waals surface area (Å²) < 4.78 is 0. The maximum absolute atomic E-state index is 5.74. The molecule has 0 unspecified atom stereocenters. The average Bonchev–Trinajstić information content (AvgIpc) is 2.09. The van der Waals surface area contributed by atoms with E-state index in [2.05, 4.69) is 16.8 Å². The third-order valence-electron chi connectivity index (χ3n) is 2.22. The third-order valence-corrected chi connectivity index (χ3v) is 2.22. The molecule has 0 aromatic heterocycles.